The Morgan fingerprint density at radius 2 is 1.30 bits per heavy atom. The fourth-order valence-electron chi connectivity index (χ4n) is 2.98. The molecule has 2 aromatic heterocycles. The Hall–Kier alpha value is -3.12. The third kappa shape index (κ3) is 2.98. The molecule has 2 aromatic carbocycles. The van der Waals surface area contributed by atoms with Gasteiger partial charge in [0, 0.05) is 18.2 Å². The smallest absolute Gasteiger partial charge is 0.182 e. The molecule has 6 nitrogen and oxygen atoms in total. The molecular formula is C20H17ClN4O2. The van der Waals surface area contributed by atoms with Crippen LogP contribution >= 0.6 is 11.6 Å². The van der Waals surface area contributed by atoms with Crippen molar-refractivity contribution in [2.75, 3.05) is 14.2 Å². The van der Waals surface area contributed by atoms with Crippen LogP contribution in [0.2, 0.25) is 5.02 Å². The predicted molar refractivity (Wildman–Crippen MR) is 105 cm³/mol. The summed E-state index contributed by atoms with van der Waals surface area (Å²) in [5, 5.41) is 14.6. The normalized spacial score (nSPS) is 11.0. The van der Waals surface area contributed by atoms with E-state index < -0.39 is 0 Å². The van der Waals surface area contributed by atoms with E-state index in [0.717, 1.165) is 33.7 Å². The molecule has 27 heavy (non-hydrogen) atoms. The summed E-state index contributed by atoms with van der Waals surface area (Å²) in [6.45, 7) is 0. The number of halogens is 1. The van der Waals surface area contributed by atoms with E-state index in [1.165, 1.54) is 0 Å². The van der Waals surface area contributed by atoms with Crippen LogP contribution in [0.3, 0.4) is 0 Å². The average Bonchev–Trinajstić information content (AvgIpc) is 3.06. The quantitative estimate of drug-likeness (QED) is 0.526. The highest BCUT2D eigenvalue weighted by molar-refractivity contribution is 6.38. The zero-order valence-electron chi connectivity index (χ0n) is 15.1. The molecule has 0 saturated heterocycles. The van der Waals surface area contributed by atoms with E-state index in [-0.39, 0.29) is 0 Å². The standard InChI is InChI=1S/C20H17ClN4O2/c1-25-20-16(18(24-25)12-4-8-14(26-2)9-5-12)17(21)19(22-23-20)13-6-10-15(27-3)11-7-13/h4-11H,1-3H3. The van der Waals surface area contributed by atoms with Gasteiger partial charge in [-0.05, 0) is 48.5 Å². The molecule has 4 rings (SSSR count). The molecule has 0 bridgehead atoms. The molecule has 0 radical (unpaired) electrons. The van der Waals surface area contributed by atoms with Crippen molar-refractivity contribution in [1.82, 2.24) is 20.0 Å². The van der Waals surface area contributed by atoms with Crippen molar-refractivity contribution in [3.63, 3.8) is 0 Å². The predicted octanol–water partition coefficient (Wildman–Crippen LogP) is 4.37. The molecule has 0 amide bonds. The molecule has 0 fully saturated rings. The third-order valence-corrected chi connectivity index (χ3v) is 4.78. The molecule has 0 unspecified atom stereocenters. The maximum atomic E-state index is 6.76. The highest BCUT2D eigenvalue weighted by atomic mass is 35.5. The van der Waals surface area contributed by atoms with Gasteiger partial charge < -0.3 is 9.47 Å². The summed E-state index contributed by atoms with van der Waals surface area (Å²) < 4.78 is 12.1. The van der Waals surface area contributed by atoms with Gasteiger partial charge in [0.05, 0.1) is 24.6 Å². The van der Waals surface area contributed by atoms with Crippen molar-refractivity contribution in [3.8, 4) is 34.0 Å². The van der Waals surface area contributed by atoms with E-state index in [4.69, 9.17) is 21.1 Å². The molecule has 136 valence electrons. The van der Waals surface area contributed by atoms with Gasteiger partial charge >= 0.3 is 0 Å². The van der Waals surface area contributed by atoms with Crippen molar-refractivity contribution >= 4 is 22.6 Å². The summed E-state index contributed by atoms with van der Waals surface area (Å²) in [6.07, 6.45) is 0. The van der Waals surface area contributed by atoms with Gasteiger partial charge in [-0.25, -0.2) is 4.68 Å². The minimum atomic E-state index is 0.518. The van der Waals surface area contributed by atoms with Gasteiger partial charge in [-0.1, -0.05) is 11.6 Å². The van der Waals surface area contributed by atoms with Gasteiger partial charge in [-0.2, -0.15) is 5.10 Å². The lowest BCUT2D eigenvalue weighted by molar-refractivity contribution is 0.415. The number of rotatable bonds is 4. The van der Waals surface area contributed by atoms with Crippen LogP contribution in [0.4, 0.5) is 0 Å². The van der Waals surface area contributed by atoms with E-state index in [0.29, 0.717) is 16.4 Å². The summed E-state index contributed by atoms with van der Waals surface area (Å²) in [7, 11) is 5.09. The van der Waals surface area contributed by atoms with Crippen molar-refractivity contribution in [3.05, 3.63) is 53.6 Å². The van der Waals surface area contributed by atoms with Crippen molar-refractivity contribution in [2.45, 2.75) is 0 Å². The Morgan fingerprint density at radius 1 is 0.778 bits per heavy atom. The van der Waals surface area contributed by atoms with Gasteiger partial charge in [0.1, 0.15) is 22.9 Å². The summed E-state index contributed by atoms with van der Waals surface area (Å²) in [5.41, 5.74) is 3.78. The van der Waals surface area contributed by atoms with Gasteiger partial charge in [0.25, 0.3) is 0 Å². The lowest BCUT2D eigenvalue weighted by Crippen LogP contribution is -1.95. The van der Waals surface area contributed by atoms with E-state index in [2.05, 4.69) is 15.3 Å². The number of benzene rings is 2. The molecule has 0 atom stereocenters. The first-order valence-electron chi connectivity index (χ1n) is 8.30. The van der Waals surface area contributed by atoms with E-state index in [9.17, 15) is 0 Å². The van der Waals surface area contributed by atoms with Gasteiger partial charge in [0.15, 0.2) is 5.65 Å². The number of methoxy groups -OCH3 is 2. The highest BCUT2D eigenvalue weighted by Gasteiger charge is 2.20. The van der Waals surface area contributed by atoms with Gasteiger partial charge in [0.2, 0.25) is 0 Å². The summed E-state index contributed by atoms with van der Waals surface area (Å²) in [6, 6.07) is 15.2. The maximum Gasteiger partial charge on any atom is 0.182 e. The Morgan fingerprint density at radius 3 is 1.81 bits per heavy atom. The number of fused-ring (bicyclic) bond motifs is 1. The van der Waals surface area contributed by atoms with E-state index in [1.54, 1.807) is 18.9 Å². The summed E-state index contributed by atoms with van der Waals surface area (Å²) >= 11 is 6.76. The van der Waals surface area contributed by atoms with Gasteiger partial charge in [-0.3, -0.25) is 0 Å². The van der Waals surface area contributed by atoms with Gasteiger partial charge in [-0.15, -0.1) is 10.2 Å². The van der Waals surface area contributed by atoms with E-state index in [1.807, 2.05) is 55.6 Å². The second-order valence-electron chi connectivity index (χ2n) is 5.99. The van der Waals surface area contributed by atoms with Crippen LogP contribution in [0.15, 0.2) is 48.5 Å². The largest absolute Gasteiger partial charge is 0.497 e. The molecule has 2 heterocycles. The summed E-state index contributed by atoms with van der Waals surface area (Å²) in [4.78, 5) is 0. The fourth-order valence-corrected chi connectivity index (χ4v) is 3.30. The fraction of sp³-hybridized carbons (Fsp3) is 0.150. The zero-order valence-corrected chi connectivity index (χ0v) is 15.9. The second-order valence-corrected chi connectivity index (χ2v) is 6.37. The van der Waals surface area contributed by atoms with Crippen LogP contribution < -0.4 is 9.47 Å². The Bertz CT molecular complexity index is 1110. The number of nitrogens with zero attached hydrogens (tertiary/aromatic N) is 4. The number of aryl methyl sites for hydroxylation is 1. The monoisotopic (exact) mass is 380 g/mol. The molecule has 0 saturated carbocycles. The SMILES string of the molecule is COc1ccc(-c2nnc3c(c(-c4ccc(OC)cc4)nn3C)c2Cl)cc1. The zero-order chi connectivity index (χ0) is 19.0. The molecule has 0 aliphatic rings. The number of hydrogen-bond donors (Lipinski definition) is 0. The highest BCUT2D eigenvalue weighted by Crippen LogP contribution is 2.37. The third-order valence-electron chi connectivity index (χ3n) is 4.42. The lowest BCUT2D eigenvalue weighted by atomic mass is 10.1. The average molecular weight is 381 g/mol. The van der Waals surface area contributed by atoms with Crippen LogP contribution in [-0.2, 0) is 7.05 Å². The number of ether oxygens (including phenoxy) is 2. The molecule has 0 aliphatic carbocycles. The first kappa shape index (κ1) is 17.3. The first-order chi connectivity index (χ1) is 13.1. The molecule has 4 aromatic rings. The summed E-state index contributed by atoms with van der Waals surface area (Å²) in [5.74, 6) is 1.55. The van der Waals surface area contributed by atoms with E-state index >= 15 is 0 Å². The minimum Gasteiger partial charge on any atom is -0.497 e. The van der Waals surface area contributed by atoms with Crippen LogP contribution in [0.25, 0.3) is 33.5 Å². The van der Waals surface area contributed by atoms with Crippen LogP contribution in [0.1, 0.15) is 0 Å². The Kier molecular flexibility index (Phi) is 4.41. The Labute approximate surface area is 161 Å². The molecule has 0 spiro atoms. The number of aromatic nitrogens is 4. The second kappa shape index (κ2) is 6.89. The van der Waals surface area contributed by atoms with Crippen molar-refractivity contribution in [2.24, 2.45) is 7.05 Å². The lowest BCUT2D eigenvalue weighted by Gasteiger charge is -2.06. The number of hydrogen-bond acceptors (Lipinski definition) is 5. The molecule has 7 heteroatoms. The minimum absolute atomic E-state index is 0.518. The Balaban J connectivity index is 1.90. The molecule has 0 aliphatic heterocycles. The maximum absolute atomic E-state index is 6.76. The molecule has 0 N–H and O–H groups in total. The topological polar surface area (TPSA) is 62.1 Å². The van der Waals surface area contributed by atoms with Crippen LogP contribution in [0.5, 0.6) is 11.5 Å². The van der Waals surface area contributed by atoms with Crippen LogP contribution in [-0.4, -0.2) is 34.2 Å². The van der Waals surface area contributed by atoms with Crippen LogP contribution in [0, 0.1) is 0 Å². The molecular weight excluding hydrogens is 364 g/mol. The van der Waals surface area contributed by atoms with Crippen molar-refractivity contribution in [1.29, 1.82) is 0 Å². The van der Waals surface area contributed by atoms with Crippen molar-refractivity contribution < 1.29 is 9.47 Å². The first-order valence-corrected chi connectivity index (χ1v) is 8.68.